The predicted octanol–water partition coefficient (Wildman–Crippen LogP) is 10.9. The topological polar surface area (TPSA) is 39.9 Å². The van der Waals surface area contributed by atoms with Gasteiger partial charge in [0.05, 0.1) is 27.7 Å². The van der Waals surface area contributed by atoms with Crippen molar-refractivity contribution in [2.24, 2.45) is 0 Å². The Morgan fingerprint density at radius 3 is 1.90 bits per heavy atom. The van der Waals surface area contributed by atoms with E-state index in [1.807, 2.05) is 12.1 Å². The lowest BCUT2D eigenvalue weighted by Gasteiger charge is -2.39. The van der Waals surface area contributed by atoms with Crippen LogP contribution in [-0.4, -0.2) is 14.5 Å². The lowest BCUT2D eigenvalue weighted by atomic mass is 9.65. The van der Waals surface area contributed by atoms with E-state index in [2.05, 4.69) is 156 Å². The molecular weight excluding hydrogens is 599 g/mol. The minimum absolute atomic E-state index is 0.592. The summed E-state index contributed by atoms with van der Waals surface area (Å²) in [4.78, 5) is 10.6. The van der Waals surface area contributed by atoms with Crippen LogP contribution in [0.25, 0.3) is 61.0 Å². The van der Waals surface area contributed by atoms with Crippen LogP contribution in [0, 0.1) is 0 Å². The SMILES string of the molecule is c1ccc(-c2nc(-n3c4ccccc4c4c5c(ccc43)-c3ccccc3C53c4ccccc4Oc4ccccc43)nc3ccccc23)cc1. The van der Waals surface area contributed by atoms with Crippen molar-refractivity contribution in [1.29, 1.82) is 0 Å². The van der Waals surface area contributed by atoms with Gasteiger partial charge in [-0.2, -0.15) is 0 Å². The van der Waals surface area contributed by atoms with Crippen molar-refractivity contribution < 1.29 is 4.74 Å². The number of benzene rings is 7. The molecule has 1 aliphatic carbocycles. The molecule has 3 heterocycles. The maximum atomic E-state index is 6.64. The van der Waals surface area contributed by atoms with Crippen LogP contribution in [0.4, 0.5) is 0 Å². The van der Waals surface area contributed by atoms with Gasteiger partial charge >= 0.3 is 0 Å². The Labute approximate surface area is 282 Å². The second-order valence-corrected chi connectivity index (χ2v) is 12.9. The largest absolute Gasteiger partial charge is 0.457 e. The van der Waals surface area contributed by atoms with Gasteiger partial charge in [0.2, 0.25) is 5.95 Å². The zero-order valence-corrected chi connectivity index (χ0v) is 26.3. The number of nitrogens with zero attached hydrogens (tertiary/aromatic N) is 3. The highest BCUT2D eigenvalue weighted by atomic mass is 16.5. The first-order chi connectivity index (χ1) is 24.3. The number of ether oxygens (including phenoxy) is 1. The summed E-state index contributed by atoms with van der Waals surface area (Å²) in [5.74, 6) is 2.42. The van der Waals surface area contributed by atoms with E-state index in [4.69, 9.17) is 14.7 Å². The zero-order chi connectivity index (χ0) is 32.1. The highest BCUT2D eigenvalue weighted by Crippen LogP contribution is 2.64. The smallest absolute Gasteiger partial charge is 0.235 e. The van der Waals surface area contributed by atoms with Gasteiger partial charge in [-0.3, -0.25) is 4.57 Å². The second-order valence-electron chi connectivity index (χ2n) is 12.9. The average molecular weight is 626 g/mol. The summed E-state index contributed by atoms with van der Waals surface area (Å²) in [6.07, 6.45) is 0. The second kappa shape index (κ2) is 9.75. The molecule has 11 rings (SSSR count). The third-order valence-electron chi connectivity index (χ3n) is 10.5. The lowest BCUT2D eigenvalue weighted by molar-refractivity contribution is 0.437. The summed E-state index contributed by atoms with van der Waals surface area (Å²) in [6, 6.07) is 58.0. The third-order valence-corrected chi connectivity index (χ3v) is 10.5. The van der Waals surface area contributed by atoms with Gasteiger partial charge in [-0.15, -0.1) is 0 Å². The van der Waals surface area contributed by atoms with Crippen molar-refractivity contribution >= 4 is 32.7 Å². The quantitative estimate of drug-likeness (QED) is 0.192. The minimum atomic E-state index is -0.592. The standard InChI is InChI=1S/C45H27N3O/c1-2-14-28(15-3-1)43-31-17-5-10-22-36(31)46-44(47-43)48-37-23-11-6-18-32(37)41-38(48)27-26-30-29-16-4-7-19-33(29)45(42(30)41)34-20-8-12-24-39(34)49-40-25-13-9-21-35(40)45/h1-27H. The van der Waals surface area contributed by atoms with Crippen molar-refractivity contribution in [2.45, 2.75) is 5.41 Å². The molecule has 0 fully saturated rings. The van der Waals surface area contributed by atoms with E-state index in [9.17, 15) is 0 Å². The molecule has 2 aliphatic rings. The summed E-state index contributed by atoms with van der Waals surface area (Å²) < 4.78 is 8.90. The fraction of sp³-hybridized carbons (Fsp3) is 0.0222. The number of rotatable bonds is 2. The van der Waals surface area contributed by atoms with Crippen LogP contribution in [-0.2, 0) is 5.41 Å². The van der Waals surface area contributed by atoms with Crippen LogP contribution >= 0.6 is 0 Å². The first-order valence-corrected chi connectivity index (χ1v) is 16.7. The van der Waals surface area contributed by atoms with Gasteiger partial charge in [0, 0.05) is 32.8 Å². The molecule has 4 heteroatoms. The molecule has 0 atom stereocenters. The molecule has 0 N–H and O–H groups in total. The summed E-state index contributed by atoms with van der Waals surface area (Å²) in [7, 11) is 0. The highest BCUT2D eigenvalue weighted by Gasteiger charge is 2.52. The van der Waals surface area contributed by atoms with Gasteiger partial charge < -0.3 is 4.74 Å². The fourth-order valence-corrected chi connectivity index (χ4v) is 8.60. The summed E-state index contributed by atoms with van der Waals surface area (Å²) in [6.45, 7) is 0. The molecule has 4 nitrogen and oxygen atoms in total. The van der Waals surface area contributed by atoms with Crippen LogP contribution < -0.4 is 4.74 Å². The minimum Gasteiger partial charge on any atom is -0.457 e. The van der Waals surface area contributed by atoms with Crippen LogP contribution in [0.15, 0.2) is 164 Å². The fourth-order valence-electron chi connectivity index (χ4n) is 8.60. The normalized spacial score (nSPS) is 13.6. The number of hydrogen-bond donors (Lipinski definition) is 0. The van der Waals surface area contributed by atoms with Crippen molar-refractivity contribution in [1.82, 2.24) is 14.5 Å². The molecule has 0 saturated carbocycles. The lowest BCUT2D eigenvalue weighted by Crippen LogP contribution is -2.32. The first-order valence-electron chi connectivity index (χ1n) is 16.7. The molecule has 0 amide bonds. The Morgan fingerprint density at radius 1 is 0.469 bits per heavy atom. The number of aromatic nitrogens is 3. The third kappa shape index (κ3) is 3.42. The monoisotopic (exact) mass is 625 g/mol. The zero-order valence-electron chi connectivity index (χ0n) is 26.3. The molecule has 2 aromatic heterocycles. The highest BCUT2D eigenvalue weighted by molar-refractivity contribution is 6.15. The average Bonchev–Trinajstić information content (AvgIpc) is 3.66. The van der Waals surface area contributed by atoms with E-state index in [1.54, 1.807) is 0 Å². The Hall–Kier alpha value is -6.52. The van der Waals surface area contributed by atoms with Crippen LogP contribution in [0.3, 0.4) is 0 Å². The molecule has 9 aromatic rings. The van der Waals surface area contributed by atoms with Crippen LogP contribution in [0.5, 0.6) is 11.5 Å². The molecule has 7 aromatic carbocycles. The maximum absolute atomic E-state index is 6.64. The Morgan fingerprint density at radius 2 is 1.10 bits per heavy atom. The Balaban J connectivity index is 1.32. The van der Waals surface area contributed by atoms with Gasteiger partial charge in [0.1, 0.15) is 11.5 Å². The van der Waals surface area contributed by atoms with Gasteiger partial charge in [-0.1, -0.05) is 133 Å². The Bertz CT molecular complexity index is 2770. The molecule has 0 bridgehead atoms. The van der Waals surface area contributed by atoms with E-state index < -0.39 is 5.41 Å². The summed E-state index contributed by atoms with van der Waals surface area (Å²) in [5.41, 5.74) is 11.8. The van der Waals surface area contributed by atoms with Gasteiger partial charge in [0.15, 0.2) is 0 Å². The molecule has 0 unspecified atom stereocenters. The molecule has 1 spiro atoms. The van der Waals surface area contributed by atoms with E-state index in [0.29, 0.717) is 5.95 Å². The maximum Gasteiger partial charge on any atom is 0.235 e. The van der Waals surface area contributed by atoms with E-state index in [-0.39, 0.29) is 0 Å². The number of para-hydroxylation sites is 4. The van der Waals surface area contributed by atoms with E-state index in [1.165, 1.54) is 33.0 Å². The van der Waals surface area contributed by atoms with Gasteiger partial charge in [0.25, 0.3) is 0 Å². The first kappa shape index (κ1) is 26.5. The van der Waals surface area contributed by atoms with Crippen LogP contribution in [0.2, 0.25) is 0 Å². The molecule has 228 valence electrons. The number of hydrogen-bond acceptors (Lipinski definition) is 3. The van der Waals surface area contributed by atoms with E-state index in [0.717, 1.165) is 55.8 Å². The molecule has 49 heavy (non-hydrogen) atoms. The molecule has 1 aliphatic heterocycles. The van der Waals surface area contributed by atoms with Crippen LogP contribution in [0.1, 0.15) is 22.3 Å². The Kier molecular flexibility index (Phi) is 5.28. The molecule has 0 radical (unpaired) electrons. The van der Waals surface area contributed by atoms with Gasteiger partial charge in [-0.05, 0) is 52.6 Å². The summed E-state index contributed by atoms with van der Waals surface area (Å²) >= 11 is 0. The number of fused-ring (bicyclic) bond motifs is 14. The van der Waals surface area contributed by atoms with Gasteiger partial charge in [-0.25, -0.2) is 9.97 Å². The molecule has 0 saturated heterocycles. The predicted molar refractivity (Wildman–Crippen MR) is 197 cm³/mol. The van der Waals surface area contributed by atoms with E-state index >= 15 is 0 Å². The molecular formula is C45H27N3O. The van der Waals surface area contributed by atoms with Crippen molar-refractivity contribution in [3.63, 3.8) is 0 Å². The van der Waals surface area contributed by atoms with Crippen molar-refractivity contribution in [3.8, 4) is 39.8 Å². The van der Waals surface area contributed by atoms with Crippen molar-refractivity contribution in [3.05, 3.63) is 186 Å². The van der Waals surface area contributed by atoms with Crippen molar-refractivity contribution in [2.75, 3.05) is 0 Å². The summed E-state index contributed by atoms with van der Waals surface area (Å²) in [5, 5.41) is 3.40.